The molecule has 144 valence electrons. The lowest BCUT2D eigenvalue weighted by molar-refractivity contribution is -0.131. The molecule has 1 amide bonds. The summed E-state index contributed by atoms with van der Waals surface area (Å²) >= 11 is 6.12. The molecule has 1 atom stereocenters. The Bertz CT molecular complexity index is 996. The second kappa shape index (κ2) is 8.87. The Morgan fingerprint density at radius 2 is 1.89 bits per heavy atom. The van der Waals surface area contributed by atoms with E-state index in [0.29, 0.717) is 5.02 Å². The van der Waals surface area contributed by atoms with Crippen molar-refractivity contribution in [3.8, 4) is 5.69 Å². The predicted molar refractivity (Wildman–Crippen MR) is 112 cm³/mol. The number of rotatable bonds is 6. The fourth-order valence-corrected chi connectivity index (χ4v) is 3.36. The highest BCUT2D eigenvalue weighted by Crippen LogP contribution is 2.22. The van der Waals surface area contributed by atoms with Crippen LogP contribution in [-0.4, -0.2) is 23.8 Å². The maximum absolute atomic E-state index is 12.4. The zero-order valence-corrected chi connectivity index (χ0v) is 16.8. The first kappa shape index (κ1) is 19.9. The number of hydrazone groups is 1. The van der Waals surface area contributed by atoms with E-state index in [4.69, 9.17) is 16.3 Å². The van der Waals surface area contributed by atoms with E-state index >= 15 is 0 Å². The molecule has 1 aromatic heterocycles. The van der Waals surface area contributed by atoms with Gasteiger partial charge in [0.25, 0.3) is 5.91 Å². The monoisotopic (exact) mass is 395 g/mol. The summed E-state index contributed by atoms with van der Waals surface area (Å²) in [5, 5.41) is 4.80. The molecule has 0 saturated heterocycles. The van der Waals surface area contributed by atoms with Crippen LogP contribution in [-0.2, 0) is 9.53 Å². The van der Waals surface area contributed by atoms with Crippen LogP contribution in [0.25, 0.3) is 5.69 Å². The van der Waals surface area contributed by atoms with Gasteiger partial charge in [0.2, 0.25) is 0 Å². The normalized spacial score (nSPS) is 12.3. The van der Waals surface area contributed by atoms with Crippen LogP contribution in [0.15, 0.2) is 65.8 Å². The van der Waals surface area contributed by atoms with Gasteiger partial charge in [-0.2, -0.15) is 5.10 Å². The van der Waals surface area contributed by atoms with Gasteiger partial charge in [-0.05, 0) is 43.7 Å². The molecule has 0 spiro atoms. The van der Waals surface area contributed by atoms with E-state index in [-0.39, 0.29) is 5.91 Å². The molecule has 0 saturated carbocycles. The molecule has 2 aromatic carbocycles. The minimum Gasteiger partial charge on any atom is -0.367 e. The third-order valence-corrected chi connectivity index (χ3v) is 4.73. The van der Waals surface area contributed by atoms with Crippen molar-refractivity contribution in [1.82, 2.24) is 9.99 Å². The lowest BCUT2D eigenvalue weighted by Crippen LogP contribution is -2.26. The summed E-state index contributed by atoms with van der Waals surface area (Å²) in [5.41, 5.74) is 7.28. The number of amides is 1. The molecule has 0 bridgehead atoms. The molecule has 0 aliphatic heterocycles. The van der Waals surface area contributed by atoms with Crippen LogP contribution in [0.1, 0.15) is 28.6 Å². The number of ether oxygens (including phenoxy) is 1. The Labute approximate surface area is 169 Å². The van der Waals surface area contributed by atoms with Crippen LogP contribution < -0.4 is 5.43 Å². The Kier molecular flexibility index (Phi) is 6.29. The lowest BCUT2D eigenvalue weighted by Gasteiger charge is -2.13. The molecule has 3 rings (SSSR count). The van der Waals surface area contributed by atoms with E-state index in [1.54, 1.807) is 6.21 Å². The number of nitrogens with zero attached hydrogens (tertiary/aromatic N) is 2. The molecule has 0 aliphatic carbocycles. The summed E-state index contributed by atoms with van der Waals surface area (Å²) in [4.78, 5) is 12.4. The van der Waals surface area contributed by atoms with Crippen molar-refractivity contribution in [3.63, 3.8) is 0 Å². The third-order valence-electron chi connectivity index (χ3n) is 4.49. The number of nitrogens with one attached hydrogen (secondary N) is 1. The molecule has 0 radical (unpaired) electrons. The first-order chi connectivity index (χ1) is 13.5. The molecule has 6 heteroatoms. The number of carbonyl (C=O) groups excluding carboxylic acids is 1. The maximum atomic E-state index is 12.4. The summed E-state index contributed by atoms with van der Waals surface area (Å²) in [7, 11) is 1.50. The first-order valence-corrected chi connectivity index (χ1v) is 9.24. The largest absolute Gasteiger partial charge is 0.367 e. The molecule has 0 aliphatic rings. The van der Waals surface area contributed by atoms with Crippen LogP contribution in [0.5, 0.6) is 0 Å². The van der Waals surface area contributed by atoms with E-state index in [9.17, 15) is 4.79 Å². The average Bonchev–Trinajstić information content (AvgIpc) is 2.96. The quantitative estimate of drug-likeness (QED) is 0.490. The molecular formula is C22H22ClN3O2. The van der Waals surface area contributed by atoms with E-state index in [0.717, 1.165) is 28.2 Å². The summed E-state index contributed by atoms with van der Waals surface area (Å²) in [6, 6.07) is 19.0. The Balaban J connectivity index is 1.76. The van der Waals surface area contributed by atoms with Crippen LogP contribution in [0.2, 0.25) is 5.02 Å². The zero-order valence-electron chi connectivity index (χ0n) is 16.0. The lowest BCUT2D eigenvalue weighted by atomic mass is 10.1. The number of hydrogen-bond acceptors (Lipinski definition) is 3. The Morgan fingerprint density at radius 1 is 1.14 bits per heavy atom. The fourth-order valence-electron chi connectivity index (χ4n) is 3.18. The summed E-state index contributed by atoms with van der Waals surface area (Å²) in [5.74, 6) is -0.325. The highest BCUT2D eigenvalue weighted by atomic mass is 35.5. The topological polar surface area (TPSA) is 55.6 Å². The zero-order chi connectivity index (χ0) is 20.1. The van der Waals surface area contributed by atoms with Crippen LogP contribution in [0.3, 0.4) is 0 Å². The van der Waals surface area contributed by atoms with Gasteiger partial charge in [-0.25, -0.2) is 5.43 Å². The van der Waals surface area contributed by atoms with Crippen molar-refractivity contribution in [3.05, 3.63) is 88.2 Å². The summed E-state index contributed by atoms with van der Waals surface area (Å²) in [6.45, 7) is 4.01. The van der Waals surface area contributed by atoms with Crippen molar-refractivity contribution in [2.45, 2.75) is 20.0 Å². The highest BCUT2D eigenvalue weighted by molar-refractivity contribution is 6.30. The molecule has 5 nitrogen and oxygen atoms in total. The van der Waals surface area contributed by atoms with Crippen molar-refractivity contribution >= 4 is 23.7 Å². The summed E-state index contributed by atoms with van der Waals surface area (Å²) < 4.78 is 7.41. The van der Waals surface area contributed by atoms with Gasteiger partial charge >= 0.3 is 0 Å². The SMILES string of the molecule is CO[C@@H](C(=O)N/N=C\c1cc(C)n(-c2cccc(Cl)c2)c1C)c1ccccc1. The third kappa shape index (κ3) is 4.32. The van der Waals surface area contributed by atoms with Gasteiger partial charge in [0, 0.05) is 34.8 Å². The highest BCUT2D eigenvalue weighted by Gasteiger charge is 2.19. The van der Waals surface area contributed by atoms with Gasteiger partial charge in [0.05, 0.1) is 6.21 Å². The van der Waals surface area contributed by atoms with Crippen molar-refractivity contribution in [2.75, 3.05) is 7.11 Å². The van der Waals surface area contributed by atoms with E-state index < -0.39 is 6.10 Å². The molecular weight excluding hydrogens is 374 g/mol. The van der Waals surface area contributed by atoms with Gasteiger partial charge in [-0.3, -0.25) is 4.79 Å². The average molecular weight is 396 g/mol. The Hall–Kier alpha value is -2.89. The molecule has 1 N–H and O–H groups in total. The van der Waals surface area contributed by atoms with Crippen molar-refractivity contribution in [2.24, 2.45) is 5.10 Å². The minimum atomic E-state index is -0.711. The van der Waals surface area contributed by atoms with Crippen LogP contribution in [0, 0.1) is 13.8 Å². The minimum absolute atomic E-state index is 0.325. The van der Waals surface area contributed by atoms with Gasteiger partial charge < -0.3 is 9.30 Å². The van der Waals surface area contributed by atoms with E-state index in [1.165, 1.54) is 7.11 Å². The molecule has 3 aromatic rings. The van der Waals surface area contributed by atoms with E-state index in [2.05, 4.69) is 15.1 Å². The van der Waals surface area contributed by atoms with Crippen molar-refractivity contribution in [1.29, 1.82) is 0 Å². The standard InChI is InChI=1S/C22H22ClN3O2/c1-15-12-18(16(2)26(15)20-11-7-10-19(23)13-20)14-24-25-22(27)21(28-3)17-8-5-4-6-9-17/h4-14,21H,1-3H3,(H,25,27)/b24-14-/t21-/m1/s1. The molecule has 0 fully saturated rings. The van der Waals surface area contributed by atoms with E-state index in [1.807, 2.05) is 74.5 Å². The van der Waals surface area contributed by atoms with Gasteiger partial charge in [0.1, 0.15) is 0 Å². The van der Waals surface area contributed by atoms with Gasteiger partial charge in [0.15, 0.2) is 6.10 Å². The smallest absolute Gasteiger partial charge is 0.273 e. The number of carbonyl (C=O) groups is 1. The van der Waals surface area contributed by atoms with Crippen molar-refractivity contribution < 1.29 is 9.53 Å². The Morgan fingerprint density at radius 3 is 2.57 bits per heavy atom. The number of aromatic nitrogens is 1. The maximum Gasteiger partial charge on any atom is 0.273 e. The molecule has 0 unspecified atom stereocenters. The second-order valence-electron chi connectivity index (χ2n) is 6.40. The number of benzene rings is 2. The number of methoxy groups -OCH3 is 1. The van der Waals surface area contributed by atoms with Gasteiger partial charge in [-0.1, -0.05) is 48.0 Å². The number of aryl methyl sites for hydroxylation is 1. The first-order valence-electron chi connectivity index (χ1n) is 8.87. The number of hydrogen-bond donors (Lipinski definition) is 1. The van der Waals surface area contributed by atoms with Crippen LogP contribution in [0.4, 0.5) is 0 Å². The second-order valence-corrected chi connectivity index (χ2v) is 6.84. The van der Waals surface area contributed by atoms with Crippen LogP contribution >= 0.6 is 11.6 Å². The summed E-state index contributed by atoms with van der Waals surface area (Å²) in [6.07, 6.45) is 0.927. The predicted octanol–water partition coefficient (Wildman–Crippen LogP) is 4.59. The fraction of sp³-hybridized carbons (Fsp3) is 0.182. The van der Waals surface area contributed by atoms with Gasteiger partial charge in [-0.15, -0.1) is 0 Å². The molecule has 1 heterocycles. The number of halogens is 1. The molecule has 28 heavy (non-hydrogen) atoms.